The monoisotopic (exact) mass is 290 g/mol. The third-order valence-electron chi connectivity index (χ3n) is 3.66. The number of rotatable bonds is 5. The summed E-state index contributed by atoms with van der Waals surface area (Å²) >= 11 is 0. The SMILES string of the molecule is CCN(Cc1ccc(C#N)cc1F)C(=O)C1CC1C(=O)O. The van der Waals surface area contributed by atoms with Crippen molar-refractivity contribution in [2.75, 3.05) is 6.54 Å². The lowest BCUT2D eigenvalue weighted by Gasteiger charge is -2.21. The summed E-state index contributed by atoms with van der Waals surface area (Å²) < 4.78 is 13.8. The van der Waals surface area contributed by atoms with Gasteiger partial charge in [0.1, 0.15) is 5.82 Å². The zero-order valence-corrected chi connectivity index (χ0v) is 11.5. The second-order valence-corrected chi connectivity index (χ2v) is 5.06. The molecule has 1 aliphatic carbocycles. The largest absolute Gasteiger partial charge is 0.481 e. The number of hydrogen-bond acceptors (Lipinski definition) is 3. The molecule has 2 atom stereocenters. The fourth-order valence-electron chi connectivity index (χ4n) is 2.27. The van der Waals surface area contributed by atoms with Crippen LogP contribution in [0.25, 0.3) is 0 Å². The number of carboxylic acids is 1. The lowest BCUT2D eigenvalue weighted by molar-refractivity contribution is -0.142. The molecule has 2 unspecified atom stereocenters. The number of aliphatic carboxylic acids is 1. The smallest absolute Gasteiger partial charge is 0.307 e. The number of halogens is 1. The van der Waals surface area contributed by atoms with Gasteiger partial charge in [0.25, 0.3) is 0 Å². The van der Waals surface area contributed by atoms with Crippen molar-refractivity contribution in [1.82, 2.24) is 4.90 Å². The summed E-state index contributed by atoms with van der Waals surface area (Å²) in [5, 5.41) is 17.6. The molecule has 1 aromatic carbocycles. The van der Waals surface area contributed by atoms with Crippen LogP contribution in [0.5, 0.6) is 0 Å². The van der Waals surface area contributed by atoms with Crippen LogP contribution < -0.4 is 0 Å². The van der Waals surface area contributed by atoms with E-state index in [1.807, 2.05) is 6.07 Å². The van der Waals surface area contributed by atoms with Gasteiger partial charge in [-0.3, -0.25) is 9.59 Å². The third-order valence-corrected chi connectivity index (χ3v) is 3.66. The van der Waals surface area contributed by atoms with Crippen molar-refractivity contribution in [2.45, 2.75) is 19.9 Å². The average molecular weight is 290 g/mol. The molecule has 0 bridgehead atoms. The van der Waals surface area contributed by atoms with Gasteiger partial charge in [0.05, 0.1) is 23.5 Å². The lowest BCUT2D eigenvalue weighted by Crippen LogP contribution is -2.32. The van der Waals surface area contributed by atoms with E-state index in [0.29, 0.717) is 18.5 Å². The molecule has 6 heteroatoms. The van der Waals surface area contributed by atoms with Gasteiger partial charge in [-0.1, -0.05) is 6.07 Å². The van der Waals surface area contributed by atoms with Crippen LogP contribution in [0, 0.1) is 29.0 Å². The molecular weight excluding hydrogens is 275 g/mol. The van der Waals surface area contributed by atoms with Gasteiger partial charge in [-0.05, 0) is 25.5 Å². The molecule has 5 nitrogen and oxygen atoms in total. The molecule has 1 aromatic rings. The maximum atomic E-state index is 13.8. The van der Waals surface area contributed by atoms with E-state index in [1.165, 1.54) is 17.0 Å². The van der Waals surface area contributed by atoms with Crippen LogP contribution in [-0.4, -0.2) is 28.4 Å². The number of carbonyl (C=O) groups excluding carboxylic acids is 1. The van der Waals surface area contributed by atoms with Gasteiger partial charge >= 0.3 is 5.97 Å². The van der Waals surface area contributed by atoms with E-state index < -0.39 is 23.6 Å². The Morgan fingerprint density at radius 1 is 1.48 bits per heavy atom. The van der Waals surface area contributed by atoms with Crippen LogP contribution in [0.15, 0.2) is 18.2 Å². The van der Waals surface area contributed by atoms with E-state index in [9.17, 15) is 14.0 Å². The van der Waals surface area contributed by atoms with Gasteiger partial charge in [-0.2, -0.15) is 5.26 Å². The van der Waals surface area contributed by atoms with E-state index >= 15 is 0 Å². The minimum Gasteiger partial charge on any atom is -0.481 e. The summed E-state index contributed by atoms with van der Waals surface area (Å²) in [4.78, 5) is 24.4. The summed E-state index contributed by atoms with van der Waals surface area (Å²) in [6.07, 6.45) is 0.348. The average Bonchev–Trinajstić information content (AvgIpc) is 3.26. The number of carboxylic acid groups (broad SMARTS) is 1. The lowest BCUT2D eigenvalue weighted by atomic mass is 10.1. The highest BCUT2D eigenvalue weighted by atomic mass is 19.1. The fraction of sp³-hybridized carbons (Fsp3) is 0.400. The number of benzene rings is 1. The topological polar surface area (TPSA) is 81.4 Å². The van der Waals surface area contributed by atoms with Crippen molar-refractivity contribution in [2.24, 2.45) is 11.8 Å². The van der Waals surface area contributed by atoms with Crippen LogP contribution in [-0.2, 0) is 16.1 Å². The standard InChI is InChI=1S/C15H15FN2O3/c1-2-18(14(19)11-6-12(11)15(20)21)8-10-4-3-9(7-17)5-13(10)16/h3-5,11-12H,2,6,8H2,1H3,(H,20,21). The van der Waals surface area contributed by atoms with Crippen LogP contribution in [0.1, 0.15) is 24.5 Å². The molecule has 0 radical (unpaired) electrons. The molecule has 0 aromatic heterocycles. The van der Waals surface area contributed by atoms with E-state index in [0.717, 1.165) is 6.07 Å². The summed E-state index contributed by atoms with van der Waals surface area (Å²) in [5.41, 5.74) is 0.537. The molecule has 1 saturated carbocycles. The molecule has 1 fully saturated rings. The van der Waals surface area contributed by atoms with Crippen molar-refractivity contribution in [1.29, 1.82) is 5.26 Å². The van der Waals surface area contributed by atoms with Gasteiger partial charge < -0.3 is 10.0 Å². The molecule has 0 spiro atoms. The number of nitrogens with zero attached hydrogens (tertiary/aromatic N) is 2. The minimum absolute atomic E-state index is 0.0791. The van der Waals surface area contributed by atoms with Crippen molar-refractivity contribution in [3.05, 3.63) is 35.1 Å². The van der Waals surface area contributed by atoms with Crippen molar-refractivity contribution >= 4 is 11.9 Å². The highest BCUT2D eigenvalue weighted by Crippen LogP contribution is 2.40. The Kier molecular flexibility index (Phi) is 4.22. The Morgan fingerprint density at radius 2 is 2.19 bits per heavy atom. The summed E-state index contributed by atoms with van der Waals surface area (Å²) in [5.74, 6) is -2.87. The Hall–Kier alpha value is -2.42. The summed E-state index contributed by atoms with van der Waals surface area (Å²) in [6, 6.07) is 5.95. The Labute approximate surface area is 121 Å². The van der Waals surface area contributed by atoms with Gasteiger partial charge in [-0.25, -0.2) is 4.39 Å². The molecule has 1 aliphatic rings. The van der Waals surface area contributed by atoms with Gasteiger partial charge in [0, 0.05) is 18.7 Å². The highest BCUT2D eigenvalue weighted by Gasteiger charge is 2.49. The Morgan fingerprint density at radius 3 is 2.67 bits per heavy atom. The molecular formula is C15H15FN2O3. The van der Waals surface area contributed by atoms with Crippen molar-refractivity contribution in [3.8, 4) is 6.07 Å². The number of hydrogen-bond donors (Lipinski definition) is 1. The molecule has 1 N–H and O–H groups in total. The van der Waals surface area contributed by atoms with Gasteiger partial charge in [0.2, 0.25) is 5.91 Å². The first kappa shape index (κ1) is 15.0. The predicted octanol–water partition coefficient (Wildman–Crippen LogP) is 1.77. The van der Waals surface area contributed by atoms with Gasteiger partial charge in [-0.15, -0.1) is 0 Å². The first-order chi connectivity index (χ1) is 9.97. The third kappa shape index (κ3) is 3.19. The van der Waals surface area contributed by atoms with E-state index in [1.54, 1.807) is 6.92 Å². The van der Waals surface area contributed by atoms with E-state index in [2.05, 4.69) is 0 Å². The first-order valence-corrected chi connectivity index (χ1v) is 6.68. The maximum absolute atomic E-state index is 13.8. The maximum Gasteiger partial charge on any atom is 0.307 e. The minimum atomic E-state index is -0.964. The zero-order valence-electron chi connectivity index (χ0n) is 11.5. The van der Waals surface area contributed by atoms with Crippen LogP contribution >= 0.6 is 0 Å². The molecule has 1 amide bonds. The summed E-state index contributed by atoms with van der Waals surface area (Å²) in [7, 11) is 0. The van der Waals surface area contributed by atoms with Crippen LogP contribution in [0.2, 0.25) is 0 Å². The highest BCUT2D eigenvalue weighted by molar-refractivity contribution is 5.89. The fourth-order valence-corrected chi connectivity index (χ4v) is 2.27. The van der Waals surface area contributed by atoms with E-state index in [-0.39, 0.29) is 18.0 Å². The van der Waals surface area contributed by atoms with Crippen molar-refractivity contribution in [3.63, 3.8) is 0 Å². The summed E-state index contributed by atoms with van der Waals surface area (Å²) in [6.45, 7) is 2.22. The van der Waals surface area contributed by atoms with Crippen LogP contribution in [0.3, 0.4) is 0 Å². The number of nitriles is 1. The van der Waals surface area contributed by atoms with E-state index in [4.69, 9.17) is 10.4 Å². The number of carbonyl (C=O) groups is 2. The zero-order chi connectivity index (χ0) is 15.6. The Balaban J connectivity index is 2.08. The van der Waals surface area contributed by atoms with Crippen molar-refractivity contribution < 1.29 is 19.1 Å². The van der Waals surface area contributed by atoms with Crippen LogP contribution in [0.4, 0.5) is 4.39 Å². The second kappa shape index (κ2) is 5.92. The molecule has 0 aliphatic heterocycles. The molecule has 0 heterocycles. The normalized spacial score (nSPS) is 19.7. The molecule has 110 valence electrons. The Bertz CT molecular complexity index is 624. The van der Waals surface area contributed by atoms with Gasteiger partial charge in [0.15, 0.2) is 0 Å². The first-order valence-electron chi connectivity index (χ1n) is 6.68. The second-order valence-electron chi connectivity index (χ2n) is 5.06. The quantitative estimate of drug-likeness (QED) is 0.896. The number of amides is 1. The molecule has 0 saturated heterocycles. The molecule has 2 rings (SSSR count). The molecule has 21 heavy (non-hydrogen) atoms. The predicted molar refractivity (Wildman–Crippen MR) is 71.4 cm³/mol.